The molecule has 2 rings (SSSR count). The number of nitrogens with one attached hydrogen (secondary N) is 2. The zero-order valence-electron chi connectivity index (χ0n) is 13.3. The summed E-state index contributed by atoms with van der Waals surface area (Å²) in [6, 6.07) is 3.01. The van der Waals surface area contributed by atoms with Gasteiger partial charge in [0.1, 0.15) is 5.82 Å². The van der Waals surface area contributed by atoms with Crippen LogP contribution in [-0.4, -0.2) is 53.6 Å². The molecule has 1 unspecified atom stereocenters. The molecule has 0 aromatic heterocycles. The third-order valence-corrected chi connectivity index (χ3v) is 6.14. The quantitative estimate of drug-likeness (QED) is 0.741. The van der Waals surface area contributed by atoms with Gasteiger partial charge in [0, 0.05) is 19.1 Å². The fourth-order valence-electron chi connectivity index (χ4n) is 2.64. The molecule has 0 saturated carbocycles. The van der Waals surface area contributed by atoms with Crippen molar-refractivity contribution in [2.75, 3.05) is 31.1 Å². The standard InChI is InChI=1S/C13H20FN3O4S2.ClH/c1-15-9-10-4-3-7-17(10)23(20,21)11-5-6-13(12(14)8-11)16-22(2,18)19;/h5-6,8,10,15-16H,3-4,7,9H2,1-2H3;1H. The highest BCUT2D eigenvalue weighted by atomic mass is 35.5. The van der Waals surface area contributed by atoms with Crippen LogP contribution in [0, 0.1) is 5.82 Å². The Bertz CT molecular complexity index is 786. The Morgan fingerprint density at radius 1 is 1.29 bits per heavy atom. The predicted octanol–water partition coefficient (Wildman–Crippen LogP) is 0.991. The zero-order chi connectivity index (χ0) is 17.3. The largest absolute Gasteiger partial charge is 0.318 e. The van der Waals surface area contributed by atoms with Crippen LogP contribution in [0.1, 0.15) is 12.8 Å². The van der Waals surface area contributed by atoms with E-state index in [0.29, 0.717) is 13.1 Å². The zero-order valence-corrected chi connectivity index (χ0v) is 15.8. The van der Waals surface area contributed by atoms with Gasteiger partial charge >= 0.3 is 0 Å². The molecule has 1 aromatic rings. The molecule has 2 N–H and O–H groups in total. The van der Waals surface area contributed by atoms with E-state index in [0.717, 1.165) is 31.2 Å². The van der Waals surface area contributed by atoms with Crippen LogP contribution < -0.4 is 10.0 Å². The highest BCUT2D eigenvalue weighted by Gasteiger charge is 2.35. The van der Waals surface area contributed by atoms with Crippen LogP contribution in [0.5, 0.6) is 0 Å². The second kappa shape index (κ2) is 7.96. The van der Waals surface area contributed by atoms with E-state index in [1.807, 2.05) is 4.72 Å². The molecule has 0 amide bonds. The third kappa shape index (κ3) is 4.79. The molecule has 1 aliphatic heterocycles. The summed E-state index contributed by atoms with van der Waals surface area (Å²) in [5, 5.41) is 2.95. The van der Waals surface area contributed by atoms with Crippen molar-refractivity contribution in [3.05, 3.63) is 24.0 Å². The fourth-order valence-corrected chi connectivity index (χ4v) is 4.91. The first-order valence-electron chi connectivity index (χ1n) is 7.09. The van der Waals surface area contributed by atoms with Gasteiger partial charge in [0.2, 0.25) is 20.0 Å². The van der Waals surface area contributed by atoms with Gasteiger partial charge in [0.15, 0.2) is 0 Å². The molecule has 1 aromatic carbocycles. The van der Waals surface area contributed by atoms with E-state index in [4.69, 9.17) is 0 Å². The van der Waals surface area contributed by atoms with Crippen molar-refractivity contribution in [1.29, 1.82) is 0 Å². The summed E-state index contributed by atoms with van der Waals surface area (Å²) in [7, 11) is -5.71. The molecule has 0 radical (unpaired) electrons. The number of nitrogens with zero attached hydrogens (tertiary/aromatic N) is 1. The number of likely N-dealkylation sites (N-methyl/N-ethyl adjacent to an activating group) is 1. The molecule has 0 spiro atoms. The topological polar surface area (TPSA) is 95.6 Å². The highest BCUT2D eigenvalue weighted by molar-refractivity contribution is 7.92. The number of rotatable bonds is 6. The van der Waals surface area contributed by atoms with Crippen molar-refractivity contribution < 1.29 is 21.2 Å². The minimum absolute atomic E-state index is 0. The van der Waals surface area contributed by atoms with Gasteiger partial charge in [0.05, 0.1) is 16.8 Å². The first-order valence-corrected chi connectivity index (χ1v) is 10.4. The number of anilines is 1. The average Bonchev–Trinajstić information content (AvgIpc) is 2.89. The van der Waals surface area contributed by atoms with Gasteiger partial charge in [-0.25, -0.2) is 21.2 Å². The van der Waals surface area contributed by atoms with E-state index in [9.17, 15) is 21.2 Å². The Labute approximate surface area is 148 Å². The average molecular weight is 402 g/mol. The smallest absolute Gasteiger partial charge is 0.243 e. The molecule has 11 heteroatoms. The summed E-state index contributed by atoms with van der Waals surface area (Å²) in [6.07, 6.45) is 2.39. The molecule has 1 heterocycles. The Kier molecular flexibility index (Phi) is 7.00. The van der Waals surface area contributed by atoms with Gasteiger partial charge in [-0.15, -0.1) is 12.4 Å². The molecular formula is C13H21ClFN3O4S2. The third-order valence-electron chi connectivity index (χ3n) is 3.61. The van der Waals surface area contributed by atoms with Crippen LogP contribution in [0.4, 0.5) is 10.1 Å². The summed E-state index contributed by atoms with van der Waals surface area (Å²) < 4.78 is 65.0. The minimum atomic E-state index is -3.82. The van der Waals surface area contributed by atoms with Gasteiger partial charge < -0.3 is 5.32 Å². The first-order chi connectivity index (χ1) is 10.6. The maximum absolute atomic E-state index is 14.0. The van der Waals surface area contributed by atoms with Crippen molar-refractivity contribution in [3.63, 3.8) is 0 Å². The normalized spacial score (nSPS) is 19.0. The van der Waals surface area contributed by atoms with Crippen molar-refractivity contribution in [2.45, 2.75) is 23.8 Å². The first kappa shape index (κ1) is 21.1. The maximum atomic E-state index is 14.0. The lowest BCUT2D eigenvalue weighted by molar-refractivity contribution is 0.379. The van der Waals surface area contributed by atoms with Crippen LogP contribution in [0.15, 0.2) is 23.1 Å². The van der Waals surface area contributed by atoms with E-state index >= 15 is 0 Å². The van der Waals surface area contributed by atoms with Crippen LogP contribution in [0.2, 0.25) is 0 Å². The fraction of sp³-hybridized carbons (Fsp3) is 0.538. The van der Waals surface area contributed by atoms with Crippen LogP contribution in [-0.2, 0) is 20.0 Å². The van der Waals surface area contributed by atoms with E-state index in [-0.39, 0.29) is 29.0 Å². The van der Waals surface area contributed by atoms with Gasteiger partial charge in [-0.2, -0.15) is 4.31 Å². The lowest BCUT2D eigenvalue weighted by atomic mass is 10.2. The lowest BCUT2D eigenvalue weighted by Crippen LogP contribution is -2.40. The van der Waals surface area contributed by atoms with Gasteiger partial charge in [-0.3, -0.25) is 4.72 Å². The van der Waals surface area contributed by atoms with Crippen LogP contribution in [0.25, 0.3) is 0 Å². The molecule has 1 atom stereocenters. The van der Waals surface area contributed by atoms with E-state index < -0.39 is 25.9 Å². The molecule has 0 aliphatic carbocycles. The van der Waals surface area contributed by atoms with Gasteiger partial charge in [-0.1, -0.05) is 0 Å². The second-order valence-electron chi connectivity index (χ2n) is 5.49. The Balaban J connectivity index is 0.00000288. The number of hydrogen-bond donors (Lipinski definition) is 2. The van der Waals surface area contributed by atoms with Crippen molar-refractivity contribution >= 4 is 38.1 Å². The highest BCUT2D eigenvalue weighted by Crippen LogP contribution is 2.28. The monoisotopic (exact) mass is 401 g/mol. The summed E-state index contributed by atoms with van der Waals surface area (Å²) in [5.74, 6) is -0.930. The molecule has 1 saturated heterocycles. The SMILES string of the molecule is CNCC1CCCN1S(=O)(=O)c1ccc(NS(C)(=O)=O)c(F)c1.Cl. The number of benzene rings is 1. The van der Waals surface area contributed by atoms with E-state index in [1.54, 1.807) is 7.05 Å². The summed E-state index contributed by atoms with van der Waals surface area (Å²) >= 11 is 0. The predicted molar refractivity (Wildman–Crippen MR) is 93.0 cm³/mol. The summed E-state index contributed by atoms with van der Waals surface area (Å²) in [4.78, 5) is -0.183. The van der Waals surface area contributed by atoms with Gasteiger partial charge in [-0.05, 0) is 38.1 Å². The Morgan fingerprint density at radius 3 is 2.50 bits per heavy atom. The molecule has 1 aliphatic rings. The van der Waals surface area contributed by atoms with Crippen LogP contribution >= 0.6 is 12.4 Å². The van der Waals surface area contributed by atoms with Crippen molar-refractivity contribution in [3.8, 4) is 0 Å². The minimum Gasteiger partial charge on any atom is -0.318 e. The number of hydrogen-bond acceptors (Lipinski definition) is 5. The van der Waals surface area contributed by atoms with Gasteiger partial charge in [0.25, 0.3) is 0 Å². The maximum Gasteiger partial charge on any atom is 0.243 e. The van der Waals surface area contributed by atoms with Crippen molar-refractivity contribution in [2.24, 2.45) is 0 Å². The summed E-state index contributed by atoms with van der Waals surface area (Å²) in [6.45, 7) is 0.912. The molecule has 0 bridgehead atoms. The number of sulfonamides is 2. The van der Waals surface area contributed by atoms with E-state index in [2.05, 4.69) is 5.32 Å². The molecule has 138 valence electrons. The molecule has 7 nitrogen and oxygen atoms in total. The molecule has 24 heavy (non-hydrogen) atoms. The Hall–Kier alpha value is -0.940. The number of halogens is 2. The summed E-state index contributed by atoms with van der Waals surface area (Å²) in [5.41, 5.74) is -0.278. The second-order valence-corrected chi connectivity index (χ2v) is 9.12. The van der Waals surface area contributed by atoms with Crippen molar-refractivity contribution in [1.82, 2.24) is 9.62 Å². The van der Waals surface area contributed by atoms with Crippen LogP contribution in [0.3, 0.4) is 0 Å². The molecular weight excluding hydrogens is 381 g/mol. The lowest BCUT2D eigenvalue weighted by Gasteiger charge is -2.24. The Morgan fingerprint density at radius 2 is 1.96 bits per heavy atom. The molecule has 1 fully saturated rings. The van der Waals surface area contributed by atoms with E-state index in [1.165, 1.54) is 10.4 Å².